The van der Waals surface area contributed by atoms with Crippen LogP contribution in [-0.2, 0) is 31.8 Å². The van der Waals surface area contributed by atoms with Gasteiger partial charge in [-0.3, -0.25) is 0 Å². The predicted octanol–water partition coefficient (Wildman–Crippen LogP) is 7.81. The van der Waals surface area contributed by atoms with Crippen molar-refractivity contribution >= 4 is 29.5 Å². The first kappa shape index (κ1) is 28.6. The molecule has 44 heavy (non-hydrogen) atoms. The van der Waals surface area contributed by atoms with Gasteiger partial charge in [0.2, 0.25) is 0 Å². The number of ether oxygens (including phenoxy) is 1. The number of fused-ring (bicyclic) bond motifs is 4. The molecule has 0 aliphatic carbocycles. The van der Waals surface area contributed by atoms with Gasteiger partial charge < -0.3 is 0 Å². The first-order chi connectivity index (χ1) is 21.1. The van der Waals surface area contributed by atoms with Crippen LogP contribution in [0.15, 0.2) is 79.1 Å². The van der Waals surface area contributed by atoms with Crippen molar-refractivity contribution in [1.29, 1.82) is 0 Å². The summed E-state index contributed by atoms with van der Waals surface area (Å²) >= 11 is 2.39. The van der Waals surface area contributed by atoms with E-state index in [0.717, 1.165) is 60.7 Å². The molecule has 0 atom stereocenters. The zero-order valence-electron chi connectivity index (χ0n) is 25.7. The van der Waals surface area contributed by atoms with Gasteiger partial charge in [0.15, 0.2) is 0 Å². The molecule has 7 rings (SSSR count). The van der Waals surface area contributed by atoms with Crippen LogP contribution in [0.5, 0.6) is 11.5 Å². The molecule has 7 nitrogen and oxygen atoms in total. The van der Waals surface area contributed by atoms with E-state index in [1.807, 2.05) is 24.5 Å². The van der Waals surface area contributed by atoms with Crippen LogP contribution in [0.4, 0.5) is 11.5 Å². The number of rotatable bonds is 5. The van der Waals surface area contributed by atoms with Crippen molar-refractivity contribution in [2.75, 3.05) is 4.81 Å². The van der Waals surface area contributed by atoms with Crippen LogP contribution in [0.2, 0.25) is 6.32 Å². The zero-order chi connectivity index (χ0) is 30.7. The number of hydrogen-bond acceptors (Lipinski definition) is 4. The van der Waals surface area contributed by atoms with Crippen LogP contribution in [0, 0.1) is 22.9 Å². The van der Waals surface area contributed by atoms with Crippen LogP contribution in [0.25, 0.3) is 28.0 Å². The number of anilines is 2. The van der Waals surface area contributed by atoms with E-state index in [-0.39, 0.29) is 12.4 Å². The Balaban J connectivity index is 1.37. The SMILES string of the molecule is CCB1N(c2cc(C)ccn2)c2[c-]c(Oc3[c-]c(-n4[c](=[Pt])n(C)c5ccccc54)cc(C(C)(C)C)c3)ccc2-c2ccnn21. The van der Waals surface area contributed by atoms with E-state index >= 15 is 0 Å². The smallest absolute Gasteiger partial charge is 0.193 e. The number of nitrogens with zero attached hydrogens (tertiary/aromatic N) is 6. The summed E-state index contributed by atoms with van der Waals surface area (Å²) < 4.78 is 14.3. The monoisotopic (exact) mass is 759 g/mol. The Morgan fingerprint density at radius 3 is 2.48 bits per heavy atom. The van der Waals surface area contributed by atoms with Crippen molar-refractivity contribution in [2.24, 2.45) is 7.05 Å². The molecule has 224 valence electrons. The maximum absolute atomic E-state index is 6.64. The average Bonchev–Trinajstić information content (AvgIpc) is 3.59. The van der Waals surface area contributed by atoms with Gasteiger partial charge in [0.25, 0.3) is 0 Å². The molecule has 0 saturated carbocycles. The van der Waals surface area contributed by atoms with Crippen LogP contribution in [0.3, 0.4) is 0 Å². The molecule has 4 heterocycles. The van der Waals surface area contributed by atoms with Gasteiger partial charge >= 0.3 is 227 Å². The van der Waals surface area contributed by atoms with Crippen LogP contribution >= 0.6 is 0 Å². The van der Waals surface area contributed by atoms with Gasteiger partial charge in [-0.15, -0.1) is 0 Å². The van der Waals surface area contributed by atoms with Gasteiger partial charge in [0, 0.05) is 12.4 Å². The van der Waals surface area contributed by atoms with Gasteiger partial charge in [-0.1, -0.05) is 6.92 Å². The fraction of sp³-hybridized carbons (Fsp3) is 0.229. The minimum absolute atomic E-state index is 0.0411. The van der Waals surface area contributed by atoms with E-state index in [0.29, 0.717) is 11.5 Å². The number of aromatic nitrogens is 5. The Bertz CT molecular complexity index is 2100. The van der Waals surface area contributed by atoms with Crippen molar-refractivity contribution in [3.05, 3.63) is 106 Å². The summed E-state index contributed by atoms with van der Waals surface area (Å²) in [7, 11) is 2.10. The molecule has 1 aliphatic rings. The molecule has 0 bridgehead atoms. The molecule has 0 amide bonds. The third-order valence-corrected chi connectivity index (χ3v) is 9.52. The van der Waals surface area contributed by atoms with Crippen molar-refractivity contribution in [1.82, 2.24) is 23.8 Å². The number of hydrogen-bond donors (Lipinski definition) is 0. The molecule has 0 unspecified atom stereocenters. The topological polar surface area (TPSA) is 53.0 Å². The van der Waals surface area contributed by atoms with Gasteiger partial charge in [-0.2, -0.15) is 5.10 Å². The van der Waals surface area contributed by atoms with E-state index < -0.39 is 0 Å². The van der Waals surface area contributed by atoms with Crippen molar-refractivity contribution < 1.29 is 24.1 Å². The molecule has 1 aliphatic heterocycles. The Morgan fingerprint density at radius 1 is 0.932 bits per heavy atom. The van der Waals surface area contributed by atoms with Crippen LogP contribution in [-0.4, -0.2) is 30.8 Å². The number of para-hydroxylation sites is 2. The second-order valence-electron chi connectivity index (χ2n) is 12.3. The average molecular weight is 760 g/mol. The van der Waals surface area contributed by atoms with Crippen LogP contribution in [0.1, 0.15) is 38.8 Å². The van der Waals surface area contributed by atoms with Crippen molar-refractivity contribution in [2.45, 2.75) is 46.4 Å². The van der Waals surface area contributed by atoms with E-state index in [1.165, 1.54) is 0 Å². The molecule has 0 saturated heterocycles. The molecule has 3 aromatic carbocycles. The fourth-order valence-electron chi connectivity index (χ4n) is 5.97. The number of aryl methyl sites for hydroxylation is 2. The second-order valence-corrected chi connectivity index (χ2v) is 13.3. The Hall–Kier alpha value is -4.16. The van der Waals surface area contributed by atoms with Crippen molar-refractivity contribution in [3.8, 4) is 28.4 Å². The Labute approximate surface area is 269 Å². The van der Waals surface area contributed by atoms with E-state index in [1.54, 1.807) is 0 Å². The third kappa shape index (κ3) is 4.76. The Kier molecular flexibility index (Phi) is 7.01. The van der Waals surface area contributed by atoms with E-state index in [9.17, 15) is 0 Å². The van der Waals surface area contributed by atoms with Crippen molar-refractivity contribution in [3.63, 3.8) is 0 Å². The molecular weight excluding hydrogens is 726 g/mol. The van der Waals surface area contributed by atoms with Crippen LogP contribution < -0.4 is 9.55 Å². The number of pyridine rings is 1. The number of benzene rings is 3. The fourth-order valence-corrected chi connectivity index (χ4v) is 6.79. The minimum atomic E-state index is -0.0985. The summed E-state index contributed by atoms with van der Waals surface area (Å²) in [6.07, 6.45) is 4.56. The quantitative estimate of drug-likeness (QED) is 0.133. The predicted molar refractivity (Wildman–Crippen MR) is 172 cm³/mol. The first-order valence-corrected chi connectivity index (χ1v) is 16.0. The summed E-state index contributed by atoms with van der Waals surface area (Å²) in [5, 5.41) is 4.69. The zero-order valence-corrected chi connectivity index (χ0v) is 28.0. The molecular formula is C35H33BN6OPt-2. The molecule has 0 N–H and O–H groups in total. The molecule has 0 radical (unpaired) electrons. The van der Waals surface area contributed by atoms with Gasteiger partial charge in [-0.25, -0.2) is 0 Å². The third-order valence-electron chi connectivity index (χ3n) is 8.25. The standard InChI is InChI=1S/C35H33BN6O.Pt/c1-7-36-41(34-18-24(2)14-16-37-34)33-22-27(12-13-29(33)30-15-17-38-42(30)36)43-28-20-25(35(3,4)5)19-26(21-28)40-23-39(6)31-10-8-9-11-32(31)40;/h8-20H,7H2,1-6H3;/q-2;. The van der Waals surface area contributed by atoms with Gasteiger partial charge in [0.05, 0.1) is 0 Å². The summed E-state index contributed by atoms with van der Waals surface area (Å²) in [6, 6.07) is 30.2. The molecule has 0 spiro atoms. The normalized spacial score (nSPS) is 12.9. The van der Waals surface area contributed by atoms with Gasteiger partial charge in [-0.05, 0) is 18.6 Å². The molecule has 0 fully saturated rings. The Morgan fingerprint density at radius 2 is 1.73 bits per heavy atom. The first-order valence-electron chi connectivity index (χ1n) is 14.8. The van der Waals surface area contributed by atoms with E-state index in [4.69, 9.17) is 14.8 Å². The summed E-state index contributed by atoms with van der Waals surface area (Å²) in [4.78, 5) is 6.99. The second kappa shape index (κ2) is 10.8. The maximum atomic E-state index is 6.64. The molecule has 3 aromatic heterocycles. The minimum Gasteiger partial charge on any atom is -0.193 e. The summed E-state index contributed by atoms with van der Waals surface area (Å²) in [6.45, 7) is 10.9. The van der Waals surface area contributed by atoms with E-state index in [2.05, 4.69) is 146 Å². The summed E-state index contributed by atoms with van der Waals surface area (Å²) in [5.74, 6) is 2.13. The van der Waals surface area contributed by atoms with Gasteiger partial charge in [0.1, 0.15) is 0 Å². The summed E-state index contributed by atoms with van der Waals surface area (Å²) in [5.41, 5.74) is 8.45. The molecule has 9 heteroatoms. The number of imidazole rings is 1. The molecule has 6 aromatic rings.